The maximum Gasteiger partial charge on any atom is 0.303 e. The normalized spacial score (nSPS) is 10.1. The fourth-order valence-electron chi connectivity index (χ4n) is 1.84. The second kappa shape index (κ2) is 7.79. The quantitative estimate of drug-likeness (QED) is 0.733. The highest BCUT2D eigenvalue weighted by Gasteiger charge is 2.17. The average molecular weight is 366 g/mol. The second-order valence-corrected chi connectivity index (χ2v) is 5.32. The molecule has 0 spiro atoms. The van der Waals surface area contributed by atoms with Gasteiger partial charge in [-0.05, 0) is 21.5 Å². The number of carbonyl (C=O) groups is 1. The molecule has 0 N–H and O–H groups in total. The molecule has 22 heavy (non-hydrogen) atoms. The highest BCUT2D eigenvalue weighted by Crippen LogP contribution is 2.37. The number of benzene rings is 1. The number of rotatable bonds is 6. The Hall–Kier alpha value is -2.08. The Morgan fingerprint density at radius 2 is 1.91 bits per heavy atom. The van der Waals surface area contributed by atoms with E-state index in [4.69, 9.17) is 14.2 Å². The van der Waals surface area contributed by atoms with Gasteiger partial charge in [-0.25, -0.2) is 0 Å². The van der Waals surface area contributed by atoms with Crippen LogP contribution in [0, 0.1) is 0 Å². The third-order valence-electron chi connectivity index (χ3n) is 2.86. The smallest absolute Gasteiger partial charge is 0.303 e. The number of ether oxygens (including phenoxy) is 3. The molecule has 0 fully saturated rings. The molecule has 5 nitrogen and oxygen atoms in total. The van der Waals surface area contributed by atoms with Crippen molar-refractivity contribution in [2.75, 3.05) is 7.11 Å². The molecule has 116 valence electrons. The molecule has 2 aromatic rings. The highest BCUT2D eigenvalue weighted by molar-refractivity contribution is 9.10. The summed E-state index contributed by atoms with van der Waals surface area (Å²) in [6.45, 7) is 1.78. The molecule has 2 rings (SSSR count). The van der Waals surface area contributed by atoms with Crippen LogP contribution in [0.2, 0.25) is 0 Å². The fourth-order valence-corrected chi connectivity index (χ4v) is 2.24. The first-order chi connectivity index (χ1) is 10.6. The van der Waals surface area contributed by atoms with Gasteiger partial charge < -0.3 is 14.2 Å². The number of halogens is 1. The summed E-state index contributed by atoms with van der Waals surface area (Å²) in [7, 11) is 1.52. The summed E-state index contributed by atoms with van der Waals surface area (Å²) in [6, 6.07) is 9.79. The minimum absolute atomic E-state index is 0.0352. The first-order valence-corrected chi connectivity index (χ1v) is 7.42. The maximum absolute atomic E-state index is 10.9. The highest BCUT2D eigenvalue weighted by atomic mass is 79.9. The Kier molecular flexibility index (Phi) is 5.77. The maximum atomic E-state index is 10.9. The van der Waals surface area contributed by atoms with E-state index in [2.05, 4.69) is 20.9 Å². The van der Waals surface area contributed by atoms with Crippen molar-refractivity contribution < 1.29 is 19.0 Å². The van der Waals surface area contributed by atoms with Crippen LogP contribution in [0.5, 0.6) is 11.5 Å². The van der Waals surface area contributed by atoms with Gasteiger partial charge in [-0.2, -0.15) is 0 Å². The topological polar surface area (TPSA) is 57.7 Å². The van der Waals surface area contributed by atoms with Crippen molar-refractivity contribution in [3.8, 4) is 11.5 Å². The van der Waals surface area contributed by atoms with Crippen molar-refractivity contribution in [2.24, 2.45) is 0 Å². The number of pyridine rings is 1. The lowest BCUT2D eigenvalue weighted by Gasteiger charge is -2.15. The van der Waals surface area contributed by atoms with E-state index in [0.717, 1.165) is 5.56 Å². The van der Waals surface area contributed by atoms with Gasteiger partial charge in [-0.1, -0.05) is 30.3 Å². The van der Waals surface area contributed by atoms with Crippen LogP contribution in [0.3, 0.4) is 0 Å². The molecule has 0 radical (unpaired) electrons. The van der Waals surface area contributed by atoms with Gasteiger partial charge in [0.05, 0.1) is 11.6 Å². The fraction of sp³-hybridized carbons (Fsp3) is 0.250. The van der Waals surface area contributed by atoms with Crippen molar-refractivity contribution >= 4 is 21.9 Å². The third kappa shape index (κ3) is 4.21. The Labute approximate surface area is 137 Å². The number of esters is 1. The summed E-state index contributed by atoms with van der Waals surface area (Å²) in [4.78, 5) is 15.2. The molecular formula is C16H16BrNO4. The summed E-state index contributed by atoms with van der Waals surface area (Å²) in [5.41, 5.74) is 1.54. The standard InChI is InChI=1S/C16H16BrNO4/c1-11(19)21-10-14-16(20-2)15(13(17)8-18-14)22-9-12-6-4-3-5-7-12/h3-8H,9-10H2,1-2H3. The van der Waals surface area contributed by atoms with E-state index in [-0.39, 0.29) is 12.6 Å². The number of nitrogens with zero attached hydrogens (tertiary/aromatic N) is 1. The van der Waals surface area contributed by atoms with Gasteiger partial charge in [-0.15, -0.1) is 0 Å². The Bertz CT molecular complexity index is 646. The van der Waals surface area contributed by atoms with Gasteiger partial charge in [-0.3, -0.25) is 9.78 Å². The van der Waals surface area contributed by atoms with Gasteiger partial charge >= 0.3 is 5.97 Å². The van der Waals surface area contributed by atoms with E-state index in [9.17, 15) is 4.79 Å². The molecule has 1 aromatic carbocycles. The Morgan fingerprint density at radius 3 is 2.55 bits per heavy atom. The van der Waals surface area contributed by atoms with Crippen molar-refractivity contribution in [3.63, 3.8) is 0 Å². The molecule has 0 atom stereocenters. The molecule has 0 saturated carbocycles. The number of aromatic nitrogens is 1. The van der Waals surface area contributed by atoms with Crippen LogP contribution < -0.4 is 9.47 Å². The van der Waals surface area contributed by atoms with Crippen LogP contribution in [0.25, 0.3) is 0 Å². The number of methoxy groups -OCH3 is 1. The van der Waals surface area contributed by atoms with Crippen LogP contribution in [-0.2, 0) is 22.7 Å². The molecule has 0 unspecified atom stereocenters. The van der Waals surface area contributed by atoms with Crippen LogP contribution in [-0.4, -0.2) is 18.1 Å². The molecule has 1 heterocycles. The van der Waals surface area contributed by atoms with Crippen molar-refractivity contribution in [3.05, 3.63) is 52.3 Å². The largest absolute Gasteiger partial charge is 0.491 e. The molecule has 0 saturated heterocycles. The molecular weight excluding hydrogens is 350 g/mol. The Morgan fingerprint density at radius 1 is 1.18 bits per heavy atom. The van der Waals surface area contributed by atoms with Crippen LogP contribution in [0.1, 0.15) is 18.2 Å². The summed E-state index contributed by atoms with van der Waals surface area (Å²) in [5, 5.41) is 0. The molecule has 0 bridgehead atoms. The van der Waals surface area contributed by atoms with E-state index < -0.39 is 0 Å². The zero-order valence-electron chi connectivity index (χ0n) is 12.3. The first-order valence-electron chi connectivity index (χ1n) is 6.63. The number of carbonyl (C=O) groups excluding carboxylic acids is 1. The number of hydrogen-bond donors (Lipinski definition) is 0. The predicted molar refractivity (Wildman–Crippen MR) is 84.7 cm³/mol. The lowest BCUT2D eigenvalue weighted by atomic mass is 10.2. The summed E-state index contributed by atoms with van der Waals surface area (Å²) < 4.78 is 16.9. The van der Waals surface area contributed by atoms with Gasteiger partial charge in [0, 0.05) is 13.1 Å². The van der Waals surface area contributed by atoms with E-state index >= 15 is 0 Å². The third-order valence-corrected chi connectivity index (χ3v) is 3.43. The minimum Gasteiger partial charge on any atom is -0.491 e. The summed E-state index contributed by atoms with van der Waals surface area (Å²) >= 11 is 3.40. The lowest BCUT2D eigenvalue weighted by molar-refractivity contribution is -0.142. The molecule has 0 amide bonds. The van der Waals surface area contributed by atoms with Crippen molar-refractivity contribution in [2.45, 2.75) is 20.1 Å². The number of hydrogen-bond acceptors (Lipinski definition) is 5. The average Bonchev–Trinajstić information content (AvgIpc) is 2.53. The Balaban J connectivity index is 2.21. The van der Waals surface area contributed by atoms with Crippen molar-refractivity contribution in [1.29, 1.82) is 0 Å². The van der Waals surface area contributed by atoms with E-state index in [0.29, 0.717) is 28.3 Å². The SMILES string of the molecule is COc1c(COC(C)=O)ncc(Br)c1OCc1ccccc1. The zero-order valence-corrected chi connectivity index (χ0v) is 13.9. The first kappa shape index (κ1) is 16.3. The molecule has 0 aliphatic carbocycles. The lowest BCUT2D eigenvalue weighted by Crippen LogP contribution is -2.06. The summed E-state index contributed by atoms with van der Waals surface area (Å²) in [6.07, 6.45) is 1.60. The van der Waals surface area contributed by atoms with Crippen LogP contribution in [0.4, 0.5) is 0 Å². The molecule has 1 aromatic heterocycles. The van der Waals surface area contributed by atoms with E-state index in [1.807, 2.05) is 30.3 Å². The van der Waals surface area contributed by atoms with Crippen molar-refractivity contribution in [1.82, 2.24) is 4.98 Å². The monoisotopic (exact) mass is 365 g/mol. The predicted octanol–water partition coefficient (Wildman–Crippen LogP) is 3.49. The van der Waals surface area contributed by atoms with Gasteiger partial charge in [0.1, 0.15) is 18.9 Å². The summed E-state index contributed by atoms with van der Waals surface area (Å²) in [5.74, 6) is 0.605. The molecule has 0 aliphatic heterocycles. The van der Waals surface area contributed by atoms with E-state index in [1.165, 1.54) is 14.0 Å². The van der Waals surface area contributed by atoms with Crippen LogP contribution in [0.15, 0.2) is 41.0 Å². The second-order valence-electron chi connectivity index (χ2n) is 4.47. The minimum atomic E-state index is -0.376. The van der Waals surface area contributed by atoms with Gasteiger partial charge in [0.15, 0.2) is 11.5 Å². The van der Waals surface area contributed by atoms with Crippen LogP contribution >= 0.6 is 15.9 Å². The zero-order chi connectivity index (χ0) is 15.9. The van der Waals surface area contributed by atoms with Gasteiger partial charge in [0.2, 0.25) is 0 Å². The van der Waals surface area contributed by atoms with Gasteiger partial charge in [0.25, 0.3) is 0 Å². The molecule has 0 aliphatic rings. The van der Waals surface area contributed by atoms with E-state index in [1.54, 1.807) is 6.20 Å². The molecule has 6 heteroatoms.